The molecule has 0 bridgehead atoms. The molecule has 19 heavy (non-hydrogen) atoms. The summed E-state index contributed by atoms with van der Waals surface area (Å²) in [6.45, 7) is 7.11. The second-order valence-electron chi connectivity index (χ2n) is 5.59. The van der Waals surface area contributed by atoms with Gasteiger partial charge in [-0.2, -0.15) is 0 Å². The van der Waals surface area contributed by atoms with Gasteiger partial charge in [0.2, 0.25) is 5.91 Å². The Bertz CT molecular complexity index is 276. The van der Waals surface area contributed by atoms with Crippen molar-refractivity contribution in [2.24, 2.45) is 0 Å². The van der Waals surface area contributed by atoms with Crippen molar-refractivity contribution in [1.82, 2.24) is 10.2 Å². The van der Waals surface area contributed by atoms with Gasteiger partial charge in [0, 0.05) is 25.7 Å². The molecule has 0 saturated carbocycles. The number of ether oxygens (including phenoxy) is 1. The summed E-state index contributed by atoms with van der Waals surface area (Å²) in [5.41, 5.74) is 0. The van der Waals surface area contributed by atoms with E-state index in [-0.39, 0.29) is 11.9 Å². The van der Waals surface area contributed by atoms with Crippen molar-refractivity contribution in [1.29, 1.82) is 0 Å². The Morgan fingerprint density at radius 3 is 2.53 bits per heavy atom. The highest BCUT2D eigenvalue weighted by Gasteiger charge is 2.34. The number of carbonyl (C=O) groups excluding carboxylic acids is 1. The highest BCUT2D eigenvalue weighted by Crippen LogP contribution is 2.25. The van der Waals surface area contributed by atoms with Gasteiger partial charge < -0.3 is 15.2 Å². The average molecular weight is 272 g/mol. The molecule has 0 aromatic rings. The number of methoxy groups -OCH3 is 1. The van der Waals surface area contributed by atoms with Crippen LogP contribution in [-0.2, 0) is 9.53 Å². The van der Waals surface area contributed by atoms with Crippen LogP contribution in [0.25, 0.3) is 0 Å². The summed E-state index contributed by atoms with van der Waals surface area (Å²) in [5, 5.41) is 12.4. The molecule has 1 heterocycles. The van der Waals surface area contributed by atoms with Gasteiger partial charge in [-0.15, -0.1) is 0 Å². The van der Waals surface area contributed by atoms with Crippen LogP contribution < -0.4 is 5.32 Å². The minimum atomic E-state index is -0.509. The predicted molar refractivity (Wildman–Crippen MR) is 75.0 cm³/mol. The van der Waals surface area contributed by atoms with E-state index in [1.54, 1.807) is 7.11 Å². The summed E-state index contributed by atoms with van der Waals surface area (Å²) in [7, 11) is 1.56. The van der Waals surface area contributed by atoms with Gasteiger partial charge in [-0.25, -0.2) is 0 Å². The third kappa shape index (κ3) is 4.75. The Morgan fingerprint density at radius 1 is 1.42 bits per heavy atom. The SMILES string of the molecule is COCC(O)CCNC(=O)C(C)N1C(C)CCC1C. The van der Waals surface area contributed by atoms with Crippen LogP contribution in [0.15, 0.2) is 0 Å². The lowest BCUT2D eigenvalue weighted by molar-refractivity contribution is -0.126. The second-order valence-corrected chi connectivity index (χ2v) is 5.59. The van der Waals surface area contributed by atoms with Crippen LogP contribution >= 0.6 is 0 Å². The molecule has 4 atom stereocenters. The molecule has 5 nitrogen and oxygen atoms in total. The maximum Gasteiger partial charge on any atom is 0.237 e. The monoisotopic (exact) mass is 272 g/mol. The van der Waals surface area contributed by atoms with Crippen LogP contribution in [-0.4, -0.2) is 60.4 Å². The molecule has 1 aliphatic heterocycles. The average Bonchev–Trinajstić information content (AvgIpc) is 2.68. The van der Waals surface area contributed by atoms with E-state index in [4.69, 9.17) is 4.74 Å². The van der Waals surface area contributed by atoms with Crippen molar-refractivity contribution in [2.75, 3.05) is 20.3 Å². The fraction of sp³-hybridized carbons (Fsp3) is 0.929. The van der Waals surface area contributed by atoms with Gasteiger partial charge in [0.15, 0.2) is 0 Å². The molecular weight excluding hydrogens is 244 g/mol. The van der Waals surface area contributed by atoms with Crippen LogP contribution in [0.1, 0.15) is 40.0 Å². The number of likely N-dealkylation sites (tertiary alicyclic amines) is 1. The number of nitrogens with zero attached hydrogens (tertiary/aromatic N) is 1. The number of hydrogen-bond donors (Lipinski definition) is 2. The Kier molecular flexibility index (Phi) is 6.75. The summed E-state index contributed by atoms with van der Waals surface area (Å²) >= 11 is 0. The standard InChI is InChI=1S/C14H28N2O3/c1-10-5-6-11(2)16(10)12(3)14(18)15-8-7-13(17)9-19-4/h10-13,17H,5-9H2,1-4H3,(H,15,18). The minimum Gasteiger partial charge on any atom is -0.391 e. The number of rotatable bonds is 7. The van der Waals surface area contributed by atoms with Gasteiger partial charge in [-0.1, -0.05) is 0 Å². The topological polar surface area (TPSA) is 61.8 Å². The van der Waals surface area contributed by atoms with Gasteiger partial charge in [0.25, 0.3) is 0 Å². The number of aliphatic hydroxyl groups is 1. The maximum atomic E-state index is 12.1. The summed E-state index contributed by atoms with van der Waals surface area (Å²) in [6.07, 6.45) is 2.33. The smallest absolute Gasteiger partial charge is 0.237 e. The molecule has 0 aromatic heterocycles. The number of aliphatic hydroxyl groups excluding tert-OH is 1. The quantitative estimate of drug-likeness (QED) is 0.718. The van der Waals surface area contributed by atoms with E-state index >= 15 is 0 Å². The lowest BCUT2D eigenvalue weighted by Crippen LogP contribution is -2.49. The molecule has 112 valence electrons. The largest absolute Gasteiger partial charge is 0.391 e. The third-order valence-electron chi connectivity index (χ3n) is 3.98. The third-order valence-corrected chi connectivity index (χ3v) is 3.98. The molecule has 2 N–H and O–H groups in total. The summed E-state index contributed by atoms with van der Waals surface area (Å²) < 4.78 is 4.85. The van der Waals surface area contributed by atoms with E-state index in [2.05, 4.69) is 24.1 Å². The highest BCUT2D eigenvalue weighted by molar-refractivity contribution is 5.81. The Labute approximate surface area is 116 Å². The molecule has 5 heteroatoms. The molecule has 0 aromatic carbocycles. The fourth-order valence-corrected chi connectivity index (χ4v) is 2.90. The normalized spacial score (nSPS) is 27.2. The van der Waals surface area contributed by atoms with E-state index in [0.717, 1.165) is 12.8 Å². The summed E-state index contributed by atoms with van der Waals surface area (Å²) in [5.74, 6) is 0.0465. The van der Waals surface area contributed by atoms with Crippen LogP contribution in [0.2, 0.25) is 0 Å². The van der Waals surface area contributed by atoms with Gasteiger partial charge in [0.1, 0.15) is 0 Å². The second kappa shape index (κ2) is 7.82. The first-order valence-electron chi connectivity index (χ1n) is 7.19. The van der Waals surface area contributed by atoms with Crippen molar-refractivity contribution in [3.05, 3.63) is 0 Å². The van der Waals surface area contributed by atoms with Crippen molar-refractivity contribution in [3.8, 4) is 0 Å². The van der Waals surface area contributed by atoms with Crippen molar-refractivity contribution < 1.29 is 14.6 Å². The zero-order chi connectivity index (χ0) is 14.4. The van der Waals surface area contributed by atoms with E-state index in [1.165, 1.54) is 0 Å². The Balaban J connectivity index is 2.32. The minimum absolute atomic E-state index is 0.0465. The maximum absolute atomic E-state index is 12.1. The molecule has 0 radical (unpaired) electrons. The first-order valence-corrected chi connectivity index (χ1v) is 7.19. The molecule has 0 spiro atoms. The number of hydrogen-bond acceptors (Lipinski definition) is 4. The molecule has 0 aliphatic carbocycles. The Morgan fingerprint density at radius 2 is 2.00 bits per heavy atom. The molecule has 1 amide bonds. The van der Waals surface area contributed by atoms with Crippen LogP contribution in [0.5, 0.6) is 0 Å². The molecule has 1 fully saturated rings. The number of carbonyl (C=O) groups is 1. The fourth-order valence-electron chi connectivity index (χ4n) is 2.90. The first kappa shape index (κ1) is 16.4. The van der Waals surface area contributed by atoms with Gasteiger partial charge in [-0.3, -0.25) is 9.69 Å². The highest BCUT2D eigenvalue weighted by atomic mass is 16.5. The van der Waals surface area contributed by atoms with Gasteiger partial charge in [-0.05, 0) is 40.0 Å². The van der Waals surface area contributed by atoms with E-state index < -0.39 is 6.10 Å². The number of nitrogens with one attached hydrogen (secondary N) is 1. The lowest BCUT2D eigenvalue weighted by Gasteiger charge is -2.31. The van der Waals surface area contributed by atoms with Crippen LogP contribution in [0.4, 0.5) is 0 Å². The lowest BCUT2D eigenvalue weighted by atomic mass is 10.2. The first-order chi connectivity index (χ1) is 8.97. The predicted octanol–water partition coefficient (Wildman–Crippen LogP) is 0.761. The molecule has 1 aliphatic rings. The van der Waals surface area contributed by atoms with E-state index in [1.807, 2.05) is 6.92 Å². The number of amides is 1. The van der Waals surface area contributed by atoms with Crippen LogP contribution in [0, 0.1) is 0 Å². The molecule has 1 saturated heterocycles. The summed E-state index contributed by atoms with van der Waals surface area (Å²) in [6, 6.07) is 0.830. The van der Waals surface area contributed by atoms with E-state index in [0.29, 0.717) is 31.7 Å². The van der Waals surface area contributed by atoms with Crippen molar-refractivity contribution in [3.63, 3.8) is 0 Å². The molecule has 4 unspecified atom stereocenters. The van der Waals surface area contributed by atoms with Crippen molar-refractivity contribution in [2.45, 2.75) is 64.3 Å². The van der Waals surface area contributed by atoms with Gasteiger partial charge in [0.05, 0.1) is 18.8 Å². The van der Waals surface area contributed by atoms with E-state index in [9.17, 15) is 9.90 Å². The van der Waals surface area contributed by atoms with Crippen molar-refractivity contribution >= 4 is 5.91 Å². The van der Waals surface area contributed by atoms with Gasteiger partial charge >= 0.3 is 0 Å². The Hall–Kier alpha value is -0.650. The zero-order valence-electron chi connectivity index (χ0n) is 12.6. The zero-order valence-corrected chi connectivity index (χ0v) is 12.6. The molecular formula is C14H28N2O3. The summed E-state index contributed by atoms with van der Waals surface area (Å²) in [4.78, 5) is 14.4. The molecule has 1 rings (SSSR count). The van der Waals surface area contributed by atoms with Crippen LogP contribution in [0.3, 0.4) is 0 Å².